The molecule has 2 rings (SSSR count). The Bertz CT molecular complexity index is 443. The van der Waals surface area contributed by atoms with Crippen molar-refractivity contribution in [1.82, 2.24) is 4.90 Å². The Morgan fingerprint density at radius 2 is 2.22 bits per heavy atom. The van der Waals surface area contributed by atoms with Gasteiger partial charge in [0.2, 0.25) is 0 Å². The monoisotopic (exact) mass is 251 g/mol. The normalized spacial score (nSPS) is 15.1. The zero-order valence-electron chi connectivity index (χ0n) is 10.5. The van der Waals surface area contributed by atoms with Gasteiger partial charge in [-0.1, -0.05) is 6.92 Å². The number of hydrogen-bond donors (Lipinski definition) is 1. The third-order valence-corrected chi connectivity index (χ3v) is 3.35. The Labute approximate surface area is 106 Å². The average molecular weight is 251 g/mol. The fraction of sp³-hybridized carbons (Fsp3) is 0.500. The summed E-state index contributed by atoms with van der Waals surface area (Å²) in [6.07, 6.45) is 2.52. The van der Waals surface area contributed by atoms with Crippen molar-refractivity contribution in [1.29, 1.82) is 0 Å². The summed E-state index contributed by atoms with van der Waals surface area (Å²) < 4.78 is 13.7. The summed E-state index contributed by atoms with van der Waals surface area (Å²) in [5, 5.41) is 8.91. The maximum absolute atomic E-state index is 13.7. The summed E-state index contributed by atoms with van der Waals surface area (Å²) in [5.41, 5.74) is 0.617. The molecule has 1 aliphatic carbocycles. The number of halogens is 1. The zero-order chi connectivity index (χ0) is 13.1. The highest BCUT2D eigenvalue weighted by Gasteiger charge is 2.24. The van der Waals surface area contributed by atoms with Crippen molar-refractivity contribution in [3.8, 4) is 0 Å². The summed E-state index contributed by atoms with van der Waals surface area (Å²) in [5.74, 6) is -0.591. The van der Waals surface area contributed by atoms with Gasteiger partial charge in [0.25, 0.3) is 0 Å². The first-order valence-corrected chi connectivity index (χ1v) is 6.34. The molecule has 0 atom stereocenters. The molecule has 1 aliphatic rings. The zero-order valence-corrected chi connectivity index (χ0v) is 10.5. The summed E-state index contributed by atoms with van der Waals surface area (Å²) in [4.78, 5) is 13.0. The molecule has 98 valence electrons. The lowest BCUT2D eigenvalue weighted by Crippen LogP contribution is -2.25. The Balaban J connectivity index is 2.10. The highest BCUT2D eigenvalue weighted by atomic mass is 19.1. The molecular weight excluding hydrogens is 233 g/mol. The van der Waals surface area contributed by atoms with Crippen molar-refractivity contribution < 1.29 is 14.3 Å². The minimum atomic E-state index is -1.01. The van der Waals surface area contributed by atoms with Gasteiger partial charge < -0.3 is 5.11 Å². The van der Waals surface area contributed by atoms with E-state index >= 15 is 0 Å². The molecule has 1 fully saturated rings. The molecule has 3 nitrogen and oxygen atoms in total. The number of carboxylic acids is 1. The van der Waals surface area contributed by atoms with Crippen molar-refractivity contribution >= 4 is 5.97 Å². The van der Waals surface area contributed by atoms with E-state index in [0.29, 0.717) is 12.1 Å². The van der Waals surface area contributed by atoms with Gasteiger partial charge >= 0.3 is 5.97 Å². The number of carbonyl (C=O) groups is 1. The topological polar surface area (TPSA) is 40.5 Å². The molecule has 0 unspecified atom stereocenters. The van der Waals surface area contributed by atoms with Crippen LogP contribution in [0.15, 0.2) is 18.2 Å². The van der Waals surface area contributed by atoms with Crippen LogP contribution in [-0.2, 0) is 6.54 Å². The molecule has 0 heterocycles. The number of nitrogens with zero attached hydrogens (tertiary/aromatic N) is 1. The maximum Gasteiger partial charge on any atom is 0.335 e. The van der Waals surface area contributed by atoms with E-state index in [2.05, 4.69) is 4.90 Å². The van der Waals surface area contributed by atoms with Gasteiger partial charge in [-0.2, -0.15) is 0 Å². The molecule has 1 N–H and O–H groups in total. The minimum Gasteiger partial charge on any atom is -0.478 e. The van der Waals surface area contributed by atoms with Crippen LogP contribution in [0, 0.1) is 11.7 Å². The molecule has 0 aromatic heterocycles. The van der Waals surface area contributed by atoms with E-state index in [1.54, 1.807) is 0 Å². The first-order chi connectivity index (χ1) is 8.60. The molecule has 0 radical (unpaired) electrons. The van der Waals surface area contributed by atoms with Crippen LogP contribution in [0.3, 0.4) is 0 Å². The smallest absolute Gasteiger partial charge is 0.335 e. The molecule has 0 saturated heterocycles. The van der Waals surface area contributed by atoms with Crippen LogP contribution in [0.4, 0.5) is 4.39 Å². The van der Waals surface area contributed by atoms with Crippen LogP contribution in [0.25, 0.3) is 0 Å². The van der Waals surface area contributed by atoms with Gasteiger partial charge in [-0.05, 0) is 43.5 Å². The fourth-order valence-electron chi connectivity index (χ4n) is 2.04. The predicted octanol–water partition coefficient (Wildman–Crippen LogP) is 2.76. The van der Waals surface area contributed by atoms with E-state index in [9.17, 15) is 9.18 Å². The lowest BCUT2D eigenvalue weighted by Gasteiger charge is -2.20. The quantitative estimate of drug-likeness (QED) is 0.845. The highest BCUT2D eigenvalue weighted by molar-refractivity contribution is 5.87. The van der Waals surface area contributed by atoms with Crippen LogP contribution >= 0.6 is 0 Å². The van der Waals surface area contributed by atoms with Gasteiger partial charge in [0.15, 0.2) is 0 Å². The molecule has 4 heteroatoms. The van der Waals surface area contributed by atoms with Crippen LogP contribution in [0.2, 0.25) is 0 Å². The second kappa shape index (κ2) is 5.48. The summed E-state index contributed by atoms with van der Waals surface area (Å²) in [6.45, 7) is 4.36. The van der Waals surface area contributed by atoms with E-state index in [1.807, 2.05) is 6.92 Å². The summed E-state index contributed by atoms with van der Waals surface area (Å²) in [6, 6.07) is 3.98. The average Bonchev–Trinajstić information content (AvgIpc) is 3.14. The molecule has 0 amide bonds. The molecule has 1 aromatic carbocycles. The second-order valence-corrected chi connectivity index (χ2v) is 4.88. The highest BCUT2D eigenvalue weighted by Crippen LogP contribution is 2.30. The molecule has 0 bridgehead atoms. The maximum atomic E-state index is 13.7. The van der Waals surface area contributed by atoms with Crippen molar-refractivity contribution in [2.24, 2.45) is 5.92 Å². The van der Waals surface area contributed by atoms with Crippen LogP contribution in [0.1, 0.15) is 35.7 Å². The van der Waals surface area contributed by atoms with Gasteiger partial charge in [0.05, 0.1) is 5.56 Å². The molecule has 1 saturated carbocycles. The molecular formula is C14H18FNO2. The minimum absolute atomic E-state index is 0.147. The first kappa shape index (κ1) is 13.0. The number of hydrogen-bond acceptors (Lipinski definition) is 2. The Kier molecular flexibility index (Phi) is 3.97. The second-order valence-electron chi connectivity index (χ2n) is 4.88. The lowest BCUT2D eigenvalue weighted by atomic mass is 10.1. The summed E-state index contributed by atoms with van der Waals surface area (Å²) in [7, 11) is 0. The van der Waals surface area contributed by atoms with Gasteiger partial charge in [0, 0.05) is 18.7 Å². The van der Waals surface area contributed by atoms with Crippen molar-refractivity contribution in [3.05, 3.63) is 35.1 Å². The number of rotatable bonds is 6. The summed E-state index contributed by atoms with van der Waals surface area (Å²) >= 11 is 0. The molecule has 18 heavy (non-hydrogen) atoms. The van der Waals surface area contributed by atoms with Crippen molar-refractivity contribution in [2.45, 2.75) is 26.3 Å². The number of carboxylic acid groups (broad SMARTS) is 1. The van der Waals surface area contributed by atoms with E-state index < -0.39 is 5.97 Å². The Morgan fingerprint density at radius 1 is 1.50 bits per heavy atom. The SMILES string of the molecule is CCN(Cc1cc(C(=O)O)ccc1F)CC1CC1. The van der Waals surface area contributed by atoms with Crippen LogP contribution in [-0.4, -0.2) is 29.1 Å². The van der Waals surface area contributed by atoms with E-state index in [4.69, 9.17) is 5.11 Å². The standard InChI is InChI=1S/C14H18FNO2/c1-2-16(8-10-3-4-10)9-12-7-11(14(17)18)5-6-13(12)15/h5-7,10H,2-4,8-9H2,1H3,(H,17,18). The van der Waals surface area contributed by atoms with Gasteiger partial charge in [-0.3, -0.25) is 4.90 Å². The van der Waals surface area contributed by atoms with E-state index in [-0.39, 0.29) is 11.4 Å². The largest absolute Gasteiger partial charge is 0.478 e. The lowest BCUT2D eigenvalue weighted by molar-refractivity contribution is 0.0696. The van der Waals surface area contributed by atoms with Crippen molar-refractivity contribution in [3.63, 3.8) is 0 Å². The third-order valence-electron chi connectivity index (χ3n) is 3.35. The Hall–Kier alpha value is -1.42. The molecule has 0 spiro atoms. The van der Waals surface area contributed by atoms with Crippen molar-refractivity contribution in [2.75, 3.05) is 13.1 Å². The number of benzene rings is 1. The van der Waals surface area contributed by atoms with Gasteiger partial charge in [0.1, 0.15) is 5.82 Å². The van der Waals surface area contributed by atoms with Gasteiger partial charge in [-0.25, -0.2) is 9.18 Å². The van der Waals surface area contributed by atoms with E-state index in [0.717, 1.165) is 19.0 Å². The first-order valence-electron chi connectivity index (χ1n) is 6.34. The predicted molar refractivity (Wildman–Crippen MR) is 67.0 cm³/mol. The van der Waals surface area contributed by atoms with Gasteiger partial charge in [-0.15, -0.1) is 0 Å². The molecule has 1 aromatic rings. The number of aromatic carboxylic acids is 1. The van der Waals surface area contributed by atoms with E-state index in [1.165, 1.54) is 31.0 Å². The fourth-order valence-corrected chi connectivity index (χ4v) is 2.04. The van der Waals surface area contributed by atoms with Crippen LogP contribution < -0.4 is 0 Å². The molecule has 0 aliphatic heterocycles. The Morgan fingerprint density at radius 3 is 2.78 bits per heavy atom. The third kappa shape index (κ3) is 3.29. The van der Waals surface area contributed by atoms with Crippen LogP contribution in [0.5, 0.6) is 0 Å².